The van der Waals surface area contributed by atoms with Crippen LogP contribution in [0.15, 0.2) is 48.8 Å². The fourth-order valence-electron chi connectivity index (χ4n) is 2.75. The topological polar surface area (TPSA) is 64.0 Å². The van der Waals surface area contributed by atoms with E-state index in [1.165, 1.54) is 11.3 Å². The number of imidazole rings is 1. The summed E-state index contributed by atoms with van der Waals surface area (Å²) in [6.45, 7) is 4.86. The zero-order chi connectivity index (χ0) is 18.5. The lowest BCUT2D eigenvalue weighted by molar-refractivity contribution is 0.0951. The Bertz CT molecular complexity index is 927. The van der Waals surface area contributed by atoms with Crippen LogP contribution in [-0.2, 0) is 13.0 Å². The highest BCUT2D eigenvalue weighted by Gasteiger charge is 2.10. The SMILES string of the molecule is CCc1nccn1CCNC(=O)c1cccc(-c2ccc(C(C)=O)s2)c1. The number of aromatic nitrogens is 2. The van der Waals surface area contributed by atoms with E-state index in [0.29, 0.717) is 18.7 Å². The summed E-state index contributed by atoms with van der Waals surface area (Å²) in [6, 6.07) is 11.2. The number of ketones is 1. The third-order valence-corrected chi connectivity index (χ3v) is 5.35. The summed E-state index contributed by atoms with van der Waals surface area (Å²) in [4.78, 5) is 29.9. The van der Waals surface area contributed by atoms with Crippen molar-refractivity contribution in [1.29, 1.82) is 0 Å². The fraction of sp³-hybridized carbons (Fsp3) is 0.250. The highest BCUT2D eigenvalue weighted by atomic mass is 32.1. The van der Waals surface area contributed by atoms with Crippen molar-refractivity contribution in [3.63, 3.8) is 0 Å². The molecule has 0 saturated heterocycles. The standard InChI is InChI=1S/C20H21N3O2S/c1-3-19-21-9-11-23(19)12-10-22-20(25)16-6-4-5-15(13-16)18-8-7-17(26-18)14(2)24/h4-9,11,13H,3,10,12H2,1-2H3,(H,22,25). The summed E-state index contributed by atoms with van der Waals surface area (Å²) >= 11 is 1.44. The number of Topliss-reactive ketones (excluding diaryl/α,β-unsaturated/α-hetero) is 1. The van der Waals surface area contributed by atoms with Crippen molar-refractivity contribution in [3.8, 4) is 10.4 Å². The maximum atomic E-state index is 12.4. The number of hydrogen-bond donors (Lipinski definition) is 1. The Hall–Kier alpha value is -2.73. The normalized spacial score (nSPS) is 10.7. The second-order valence-corrected chi connectivity index (χ2v) is 7.03. The van der Waals surface area contributed by atoms with Gasteiger partial charge in [0.2, 0.25) is 0 Å². The Kier molecular flexibility index (Phi) is 5.63. The molecule has 0 spiro atoms. The molecule has 134 valence electrons. The molecule has 2 heterocycles. The van der Waals surface area contributed by atoms with E-state index in [9.17, 15) is 9.59 Å². The molecule has 2 aromatic heterocycles. The van der Waals surface area contributed by atoms with Gasteiger partial charge in [0, 0.05) is 42.3 Å². The summed E-state index contributed by atoms with van der Waals surface area (Å²) in [7, 11) is 0. The number of rotatable bonds is 7. The molecule has 1 aromatic carbocycles. The van der Waals surface area contributed by atoms with Gasteiger partial charge in [0.05, 0.1) is 4.88 Å². The number of hydrogen-bond acceptors (Lipinski definition) is 4. The summed E-state index contributed by atoms with van der Waals surface area (Å²) in [6.07, 6.45) is 4.57. The zero-order valence-corrected chi connectivity index (χ0v) is 15.7. The molecule has 0 aliphatic heterocycles. The van der Waals surface area contributed by atoms with Gasteiger partial charge in [-0.15, -0.1) is 11.3 Å². The van der Waals surface area contributed by atoms with E-state index in [2.05, 4.69) is 17.2 Å². The molecular weight excluding hydrogens is 346 g/mol. The van der Waals surface area contributed by atoms with Crippen LogP contribution in [0, 0.1) is 0 Å². The van der Waals surface area contributed by atoms with E-state index in [0.717, 1.165) is 27.6 Å². The molecule has 0 fully saturated rings. The van der Waals surface area contributed by atoms with E-state index >= 15 is 0 Å². The van der Waals surface area contributed by atoms with Gasteiger partial charge in [0.25, 0.3) is 5.91 Å². The summed E-state index contributed by atoms with van der Waals surface area (Å²) < 4.78 is 2.05. The largest absolute Gasteiger partial charge is 0.350 e. The van der Waals surface area contributed by atoms with Gasteiger partial charge < -0.3 is 9.88 Å². The third-order valence-electron chi connectivity index (χ3n) is 4.12. The summed E-state index contributed by atoms with van der Waals surface area (Å²) in [5.74, 6) is 0.967. The van der Waals surface area contributed by atoms with Crippen LogP contribution in [0.5, 0.6) is 0 Å². The predicted octanol–water partition coefficient (Wildman–Crippen LogP) is 3.81. The van der Waals surface area contributed by atoms with Crippen LogP contribution in [0.25, 0.3) is 10.4 Å². The third kappa shape index (κ3) is 4.08. The zero-order valence-electron chi connectivity index (χ0n) is 14.9. The quantitative estimate of drug-likeness (QED) is 0.646. The second kappa shape index (κ2) is 8.10. The molecule has 0 unspecified atom stereocenters. The number of carbonyl (C=O) groups is 2. The first-order valence-electron chi connectivity index (χ1n) is 8.58. The van der Waals surface area contributed by atoms with E-state index in [1.807, 2.05) is 41.1 Å². The predicted molar refractivity (Wildman–Crippen MR) is 104 cm³/mol. The molecular formula is C20H21N3O2S. The molecule has 0 bridgehead atoms. The average Bonchev–Trinajstić information content (AvgIpc) is 3.31. The van der Waals surface area contributed by atoms with Crippen molar-refractivity contribution in [2.75, 3.05) is 6.54 Å². The molecule has 0 atom stereocenters. The number of amides is 1. The Morgan fingerprint density at radius 1 is 1.23 bits per heavy atom. The number of nitrogens with zero attached hydrogens (tertiary/aromatic N) is 2. The molecule has 3 rings (SSSR count). The number of benzene rings is 1. The van der Waals surface area contributed by atoms with Gasteiger partial charge in [-0.05, 0) is 36.8 Å². The maximum absolute atomic E-state index is 12.4. The van der Waals surface area contributed by atoms with Gasteiger partial charge in [-0.3, -0.25) is 9.59 Å². The molecule has 0 radical (unpaired) electrons. The van der Waals surface area contributed by atoms with Crippen LogP contribution in [0.4, 0.5) is 0 Å². The summed E-state index contributed by atoms with van der Waals surface area (Å²) in [5.41, 5.74) is 1.56. The molecule has 0 aliphatic rings. The maximum Gasteiger partial charge on any atom is 0.251 e. The van der Waals surface area contributed by atoms with E-state index in [-0.39, 0.29) is 11.7 Å². The van der Waals surface area contributed by atoms with Gasteiger partial charge in [0.15, 0.2) is 5.78 Å². The lowest BCUT2D eigenvalue weighted by Gasteiger charge is -2.09. The van der Waals surface area contributed by atoms with Crippen LogP contribution in [-0.4, -0.2) is 27.8 Å². The molecule has 6 heteroatoms. The Morgan fingerprint density at radius 3 is 2.81 bits per heavy atom. The van der Waals surface area contributed by atoms with Gasteiger partial charge in [-0.2, -0.15) is 0 Å². The first kappa shape index (κ1) is 18.1. The van der Waals surface area contributed by atoms with Crippen LogP contribution in [0.3, 0.4) is 0 Å². The first-order chi connectivity index (χ1) is 12.6. The van der Waals surface area contributed by atoms with Gasteiger partial charge in [-0.1, -0.05) is 19.1 Å². The molecule has 1 N–H and O–H groups in total. The smallest absolute Gasteiger partial charge is 0.251 e. The lowest BCUT2D eigenvalue weighted by Crippen LogP contribution is -2.27. The number of aryl methyl sites for hydroxylation is 1. The molecule has 1 amide bonds. The van der Waals surface area contributed by atoms with Crippen LogP contribution in [0.1, 0.15) is 39.7 Å². The van der Waals surface area contributed by atoms with Crippen LogP contribution < -0.4 is 5.32 Å². The summed E-state index contributed by atoms with van der Waals surface area (Å²) in [5, 5.41) is 2.95. The van der Waals surface area contributed by atoms with Crippen molar-refractivity contribution >= 4 is 23.0 Å². The van der Waals surface area contributed by atoms with E-state index in [4.69, 9.17) is 0 Å². The van der Waals surface area contributed by atoms with E-state index < -0.39 is 0 Å². The average molecular weight is 367 g/mol. The van der Waals surface area contributed by atoms with Crippen molar-refractivity contribution in [2.45, 2.75) is 26.8 Å². The molecule has 3 aromatic rings. The van der Waals surface area contributed by atoms with Gasteiger partial charge >= 0.3 is 0 Å². The number of carbonyl (C=O) groups excluding carboxylic acids is 2. The molecule has 5 nitrogen and oxygen atoms in total. The Morgan fingerprint density at radius 2 is 2.08 bits per heavy atom. The van der Waals surface area contributed by atoms with Crippen molar-refractivity contribution < 1.29 is 9.59 Å². The monoisotopic (exact) mass is 367 g/mol. The Labute approximate surface area is 156 Å². The van der Waals surface area contributed by atoms with Crippen molar-refractivity contribution in [2.24, 2.45) is 0 Å². The molecule has 0 aliphatic carbocycles. The minimum absolute atomic E-state index is 0.0566. The first-order valence-corrected chi connectivity index (χ1v) is 9.39. The van der Waals surface area contributed by atoms with Gasteiger partial charge in [0.1, 0.15) is 5.82 Å². The van der Waals surface area contributed by atoms with Crippen molar-refractivity contribution in [3.05, 3.63) is 65.1 Å². The highest BCUT2D eigenvalue weighted by Crippen LogP contribution is 2.28. The molecule has 26 heavy (non-hydrogen) atoms. The van der Waals surface area contributed by atoms with Crippen molar-refractivity contribution in [1.82, 2.24) is 14.9 Å². The second-order valence-electron chi connectivity index (χ2n) is 5.95. The minimum Gasteiger partial charge on any atom is -0.350 e. The molecule has 0 saturated carbocycles. The van der Waals surface area contributed by atoms with Gasteiger partial charge in [-0.25, -0.2) is 4.98 Å². The lowest BCUT2D eigenvalue weighted by atomic mass is 10.1. The highest BCUT2D eigenvalue weighted by molar-refractivity contribution is 7.17. The Balaban J connectivity index is 1.65. The number of nitrogens with one attached hydrogen (secondary N) is 1. The number of thiophene rings is 1. The van der Waals surface area contributed by atoms with Crippen LogP contribution >= 0.6 is 11.3 Å². The minimum atomic E-state index is -0.103. The van der Waals surface area contributed by atoms with Crippen LogP contribution in [0.2, 0.25) is 0 Å². The van der Waals surface area contributed by atoms with E-state index in [1.54, 1.807) is 19.2 Å². The fourth-order valence-corrected chi connectivity index (χ4v) is 3.64.